The molecule has 162 valence electrons. The zero-order chi connectivity index (χ0) is 22.5. The van der Waals surface area contributed by atoms with Crippen LogP contribution in [-0.4, -0.2) is 44.4 Å². The second kappa shape index (κ2) is 9.58. The molecule has 0 spiro atoms. The number of methoxy groups -OCH3 is 1. The number of H-pyrrole nitrogens is 1. The van der Waals surface area contributed by atoms with Gasteiger partial charge in [0.1, 0.15) is 11.4 Å². The van der Waals surface area contributed by atoms with Crippen LogP contribution in [-0.2, 0) is 17.8 Å². The van der Waals surface area contributed by atoms with Crippen LogP contribution in [0.3, 0.4) is 0 Å². The molecule has 2 heterocycles. The number of aromatic amines is 1. The first kappa shape index (κ1) is 22.2. The average molecular weight is 443 g/mol. The first-order valence-electron chi connectivity index (χ1n) is 9.27. The quantitative estimate of drug-likeness (QED) is 0.212. The Balaban J connectivity index is 1.96. The topological polar surface area (TPSA) is 142 Å². The van der Waals surface area contributed by atoms with Crippen LogP contribution < -0.4 is 22.5 Å². The molecule has 0 aliphatic heterocycles. The molecule has 0 atom stereocenters. The lowest BCUT2D eigenvalue weighted by molar-refractivity contribution is 0.102. The fourth-order valence-corrected chi connectivity index (χ4v) is 3.89. The first-order chi connectivity index (χ1) is 14.9. The Kier molecular flexibility index (Phi) is 6.88. The molecule has 0 saturated heterocycles. The number of rotatable bonds is 9. The second-order valence-corrected chi connectivity index (χ2v) is 7.43. The van der Waals surface area contributed by atoms with E-state index in [9.17, 15) is 19.2 Å². The molecular formula is C20H21N5O5S. The van der Waals surface area contributed by atoms with Crippen molar-refractivity contribution in [2.45, 2.75) is 18.2 Å². The minimum Gasteiger partial charge on any atom is -0.384 e. The van der Waals surface area contributed by atoms with Crippen molar-refractivity contribution < 1.29 is 9.53 Å². The van der Waals surface area contributed by atoms with E-state index in [0.717, 1.165) is 16.3 Å². The summed E-state index contributed by atoms with van der Waals surface area (Å²) in [5, 5.41) is 0.755. The summed E-state index contributed by atoms with van der Waals surface area (Å²) in [5.41, 5.74) is 4.28. The van der Waals surface area contributed by atoms with Crippen molar-refractivity contribution in [3.8, 4) is 0 Å². The number of thioether (sulfide) groups is 1. The van der Waals surface area contributed by atoms with E-state index in [0.29, 0.717) is 16.1 Å². The monoisotopic (exact) mass is 443 g/mol. The Morgan fingerprint density at radius 1 is 1.29 bits per heavy atom. The van der Waals surface area contributed by atoms with Crippen molar-refractivity contribution in [3.63, 3.8) is 0 Å². The fourth-order valence-electron chi connectivity index (χ4n) is 3.01. The van der Waals surface area contributed by atoms with Crippen LogP contribution in [0.2, 0.25) is 0 Å². The molecule has 0 aliphatic carbocycles. The van der Waals surface area contributed by atoms with Crippen LogP contribution in [0.1, 0.15) is 10.4 Å². The van der Waals surface area contributed by atoms with Gasteiger partial charge in [-0.1, -0.05) is 30.0 Å². The molecule has 3 rings (SSSR count). The number of nitrogens with one attached hydrogen (secondary N) is 1. The number of ketones is 1. The first-order valence-corrected chi connectivity index (χ1v) is 10.3. The van der Waals surface area contributed by atoms with Crippen LogP contribution in [0, 0.1) is 0 Å². The van der Waals surface area contributed by atoms with E-state index in [1.165, 1.54) is 11.7 Å². The van der Waals surface area contributed by atoms with E-state index >= 15 is 0 Å². The normalized spacial score (nSPS) is 11.0. The Hall–Kier alpha value is -3.44. The van der Waals surface area contributed by atoms with E-state index < -0.39 is 17.0 Å². The van der Waals surface area contributed by atoms with Crippen molar-refractivity contribution in [2.24, 2.45) is 0 Å². The number of nitrogens with two attached hydrogens (primary N) is 1. The highest BCUT2D eigenvalue weighted by atomic mass is 32.2. The van der Waals surface area contributed by atoms with Crippen LogP contribution >= 0.6 is 11.8 Å². The maximum absolute atomic E-state index is 12.8. The van der Waals surface area contributed by atoms with Crippen molar-refractivity contribution in [1.29, 1.82) is 0 Å². The molecule has 3 N–H and O–H groups in total. The molecule has 0 radical (unpaired) electrons. The fraction of sp³-hybridized carbons (Fsp3) is 0.250. The van der Waals surface area contributed by atoms with Gasteiger partial charge in [0.15, 0.2) is 10.9 Å². The summed E-state index contributed by atoms with van der Waals surface area (Å²) in [4.78, 5) is 56.4. The van der Waals surface area contributed by atoms with Gasteiger partial charge in [0.2, 0.25) is 0 Å². The molecule has 0 saturated carbocycles. The third kappa shape index (κ3) is 4.52. The number of allylic oxidation sites excluding steroid dienone is 1. The van der Waals surface area contributed by atoms with Crippen LogP contribution in [0.4, 0.5) is 5.82 Å². The molecule has 3 aromatic rings. The number of ether oxygens (including phenoxy) is 1. The van der Waals surface area contributed by atoms with E-state index in [1.807, 2.05) is 0 Å². The summed E-state index contributed by atoms with van der Waals surface area (Å²) < 4.78 is 7.41. The standard InChI is InChI=1S/C20H21N5O5S/c1-3-8-25-18(28)12-6-4-5-7-13(12)22-20(25)31-11-14(26)15-16(21)24(9-10-30-2)19(29)23-17(15)27/h3-7H,1,8-11,21H2,2H3,(H,23,27,29). The molecule has 11 heteroatoms. The van der Waals surface area contributed by atoms with E-state index in [1.54, 1.807) is 30.3 Å². The molecule has 10 nitrogen and oxygen atoms in total. The molecule has 0 unspecified atom stereocenters. The van der Waals surface area contributed by atoms with Crippen molar-refractivity contribution in [2.75, 3.05) is 25.2 Å². The predicted octanol–water partition coefficient (Wildman–Crippen LogP) is 0.636. The Labute approximate surface area is 180 Å². The van der Waals surface area contributed by atoms with Gasteiger partial charge in [-0.05, 0) is 12.1 Å². The average Bonchev–Trinajstić information content (AvgIpc) is 2.74. The number of carbonyl (C=O) groups excluding carboxylic acids is 1. The number of fused-ring (bicyclic) bond motifs is 1. The highest BCUT2D eigenvalue weighted by Gasteiger charge is 2.21. The molecular weight excluding hydrogens is 422 g/mol. The van der Waals surface area contributed by atoms with E-state index in [2.05, 4.69) is 16.5 Å². The SMILES string of the molecule is C=CCn1c(SCC(=O)c2c(N)n(CCOC)c(=O)[nH]c2=O)nc2ccccc2c1=O. The summed E-state index contributed by atoms with van der Waals surface area (Å²) >= 11 is 0.998. The van der Waals surface area contributed by atoms with E-state index in [-0.39, 0.29) is 42.4 Å². The number of nitrogens with zero attached hydrogens (tertiary/aromatic N) is 3. The Bertz CT molecular complexity index is 1320. The number of carbonyl (C=O) groups is 1. The minimum atomic E-state index is -0.864. The molecule has 0 bridgehead atoms. The summed E-state index contributed by atoms with van der Waals surface area (Å²) in [6.07, 6.45) is 1.55. The third-order valence-electron chi connectivity index (χ3n) is 4.51. The van der Waals surface area contributed by atoms with Gasteiger partial charge in [-0.15, -0.1) is 6.58 Å². The van der Waals surface area contributed by atoms with Gasteiger partial charge in [-0.2, -0.15) is 0 Å². The Morgan fingerprint density at radius 2 is 2.03 bits per heavy atom. The van der Waals surface area contributed by atoms with Gasteiger partial charge in [-0.25, -0.2) is 9.78 Å². The maximum Gasteiger partial charge on any atom is 0.330 e. The number of hydrogen-bond donors (Lipinski definition) is 2. The highest BCUT2D eigenvalue weighted by Crippen LogP contribution is 2.19. The zero-order valence-electron chi connectivity index (χ0n) is 16.8. The van der Waals surface area contributed by atoms with Crippen LogP contribution in [0.15, 0.2) is 56.5 Å². The summed E-state index contributed by atoms with van der Waals surface area (Å²) in [5.74, 6) is -1.04. The summed E-state index contributed by atoms with van der Waals surface area (Å²) in [6.45, 7) is 4.12. The minimum absolute atomic E-state index is 0.0798. The number of para-hydroxylation sites is 1. The highest BCUT2D eigenvalue weighted by molar-refractivity contribution is 7.99. The number of benzene rings is 1. The lowest BCUT2D eigenvalue weighted by Gasteiger charge is -2.13. The molecule has 0 amide bonds. The molecule has 0 aliphatic rings. The van der Waals surface area contributed by atoms with Crippen LogP contribution in [0.25, 0.3) is 10.9 Å². The summed E-state index contributed by atoms with van der Waals surface area (Å²) in [6, 6.07) is 6.88. The van der Waals surface area contributed by atoms with Crippen LogP contribution in [0.5, 0.6) is 0 Å². The number of anilines is 1. The van der Waals surface area contributed by atoms with Gasteiger partial charge < -0.3 is 10.5 Å². The molecule has 0 fully saturated rings. The number of nitrogen functional groups attached to an aromatic ring is 1. The zero-order valence-corrected chi connectivity index (χ0v) is 17.6. The van der Waals surface area contributed by atoms with Gasteiger partial charge in [-0.3, -0.25) is 28.5 Å². The molecule has 1 aromatic carbocycles. The number of aromatic nitrogens is 4. The van der Waals surface area contributed by atoms with Gasteiger partial charge in [0.25, 0.3) is 11.1 Å². The van der Waals surface area contributed by atoms with Gasteiger partial charge >= 0.3 is 5.69 Å². The van der Waals surface area contributed by atoms with Crippen molar-refractivity contribution in [3.05, 3.63) is 73.7 Å². The largest absolute Gasteiger partial charge is 0.384 e. The third-order valence-corrected chi connectivity index (χ3v) is 5.48. The van der Waals surface area contributed by atoms with Gasteiger partial charge in [0.05, 0.1) is 29.8 Å². The lowest BCUT2D eigenvalue weighted by Crippen LogP contribution is -2.37. The van der Waals surface area contributed by atoms with Crippen molar-refractivity contribution >= 4 is 34.3 Å². The van der Waals surface area contributed by atoms with E-state index in [4.69, 9.17) is 10.5 Å². The summed E-state index contributed by atoms with van der Waals surface area (Å²) in [7, 11) is 1.45. The Morgan fingerprint density at radius 3 is 2.74 bits per heavy atom. The lowest BCUT2D eigenvalue weighted by atomic mass is 10.2. The maximum atomic E-state index is 12.8. The number of Topliss-reactive ketones (excluding diaryl/α,β-unsaturated/α-hetero) is 1. The molecule has 2 aromatic heterocycles. The molecule has 31 heavy (non-hydrogen) atoms. The predicted molar refractivity (Wildman–Crippen MR) is 119 cm³/mol. The second-order valence-electron chi connectivity index (χ2n) is 6.49. The van der Waals surface area contributed by atoms with Crippen molar-refractivity contribution in [1.82, 2.24) is 19.1 Å². The number of hydrogen-bond acceptors (Lipinski definition) is 8. The smallest absolute Gasteiger partial charge is 0.330 e. The van der Waals surface area contributed by atoms with Gasteiger partial charge in [0, 0.05) is 13.7 Å².